The maximum atomic E-state index is 12.0. The van der Waals surface area contributed by atoms with Gasteiger partial charge < -0.3 is 9.64 Å². The summed E-state index contributed by atoms with van der Waals surface area (Å²) in [6.45, 7) is 1.70. The van der Waals surface area contributed by atoms with Crippen LogP contribution in [0.5, 0.6) is 0 Å². The molecule has 0 saturated carbocycles. The third kappa shape index (κ3) is 3.85. The monoisotopic (exact) mass is 352 g/mol. The highest BCUT2D eigenvalue weighted by Gasteiger charge is 2.34. The number of methoxy groups -OCH3 is 1. The van der Waals surface area contributed by atoms with Gasteiger partial charge in [0.1, 0.15) is 11.1 Å². The highest BCUT2D eigenvalue weighted by atomic mass is 35.5. The smallest absolute Gasteiger partial charge is 0.233 e. The SMILES string of the molecule is COCCN1C(=O)CS[C@@H]1c1cn(Cc2ccc(Cl)cc2)nn1. The Bertz CT molecular complexity index is 676. The molecule has 1 aliphatic rings. The summed E-state index contributed by atoms with van der Waals surface area (Å²) in [5, 5.41) is 9.03. The van der Waals surface area contributed by atoms with Gasteiger partial charge in [0.05, 0.1) is 25.1 Å². The molecule has 0 bridgehead atoms. The van der Waals surface area contributed by atoms with Gasteiger partial charge in [-0.15, -0.1) is 16.9 Å². The number of nitrogens with zero attached hydrogens (tertiary/aromatic N) is 4. The number of benzene rings is 1. The van der Waals surface area contributed by atoms with Gasteiger partial charge >= 0.3 is 0 Å². The Labute approximate surface area is 143 Å². The van der Waals surface area contributed by atoms with E-state index in [0.29, 0.717) is 30.5 Å². The van der Waals surface area contributed by atoms with E-state index in [2.05, 4.69) is 10.3 Å². The summed E-state index contributed by atoms with van der Waals surface area (Å²) in [5.41, 5.74) is 1.89. The van der Waals surface area contributed by atoms with Crippen LogP contribution < -0.4 is 0 Å². The van der Waals surface area contributed by atoms with Gasteiger partial charge in [-0.05, 0) is 17.7 Å². The first kappa shape index (κ1) is 16.3. The van der Waals surface area contributed by atoms with Crippen LogP contribution in [0.2, 0.25) is 5.02 Å². The van der Waals surface area contributed by atoms with E-state index in [4.69, 9.17) is 16.3 Å². The van der Waals surface area contributed by atoms with Crippen LogP contribution in [0.3, 0.4) is 0 Å². The lowest BCUT2D eigenvalue weighted by Crippen LogP contribution is -2.31. The van der Waals surface area contributed by atoms with Crippen LogP contribution >= 0.6 is 23.4 Å². The second-order valence-electron chi connectivity index (χ2n) is 5.21. The minimum absolute atomic E-state index is 0.0865. The maximum Gasteiger partial charge on any atom is 0.233 e. The first-order valence-electron chi connectivity index (χ1n) is 7.22. The number of thioether (sulfide) groups is 1. The molecule has 0 radical (unpaired) electrons. The van der Waals surface area contributed by atoms with Crippen LogP contribution in [0.15, 0.2) is 30.5 Å². The summed E-state index contributed by atoms with van der Waals surface area (Å²) in [6.07, 6.45) is 1.89. The zero-order valence-electron chi connectivity index (χ0n) is 12.7. The Balaban J connectivity index is 1.70. The van der Waals surface area contributed by atoms with E-state index in [-0.39, 0.29) is 11.3 Å². The largest absolute Gasteiger partial charge is 0.383 e. The molecule has 0 N–H and O–H groups in total. The van der Waals surface area contributed by atoms with E-state index >= 15 is 0 Å². The third-order valence-electron chi connectivity index (χ3n) is 3.57. The first-order chi connectivity index (χ1) is 11.2. The van der Waals surface area contributed by atoms with Crippen molar-refractivity contribution in [3.8, 4) is 0 Å². The van der Waals surface area contributed by atoms with E-state index in [1.54, 1.807) is 28.5 Å². The molecule has 1 aromatic heterocycles. The number of hydrogen-bond donors (Lipinski definition) is 0. The molecule has 23 heavy (non-hydrogen) atoms. The highest BCUT2D eigenvalue weighted by Crippen LogP contribution is 2.37. The minimum Gasteiger partial charge on any atom is -0.383 e. The van der Waals surface area contributed by atoms with Gasteiger partial charge in [0.2, 0.25) is 5.91 Å². The first-order valence-corrected chi connectivity index (χ1v) is 8.64. The summed E-state index contributed by atoms with van der Waals surface area (Å²) in [4.78, 5) is 13.8. The van der Waals surface area contributed by atoms with Crippen LogP contribution in [0.4, 0.5) is 0 Å². The quantitative estimate of drug-likeness (QED) is 0.797. The average molecular weight is 353 g/mol. The van der Waals surface area contributed by atoms with Gasteiger partial charge in [-0.1, -0.05) is 28.9 Å². The van der Waals surface area contributed by atoms with Crippen molar-refractivity contribution >= 4 is 29.3 Å². The van der Waals surface area contributed by atoms with Gasteiger partial charge in [0, 0.05) is 18.7 Å². The van der Waals surface area contributed by atoms with E-state index in [1.807, 2.05) is 30.5 Å². The maximum absolute atomic E-state index is 12.0. The third-order valence-corrected chi connectivity index (χ3v) is 5.05. The number of carbonyl (C=O) groups is 1. The van der Waals surface area contributed by atoms with Crippen molar-refractivity contribution < 1.29 is 9.53 Å². The summed E-state index contributed by atoms with van der Waals surface area (Å²) < 4.78 is 6.85. The Morgan fingerprint density at radius 3 is 2.91 bits per heavy atom. The van der Waals surface area contributed by atoms with E-state index < -0.39 is 0 Å². The van der Waals surface area contributed by atoms with Crippen molar-refractivity contribution in [2.24, 2.45) is 0 Å². The standard InChI is InChI=1S/C15H17ClN4O2S/c1-22-7-6-20-14(21)10-23-15(20)13-9-19(18-17-13)8-11-2-4-12(16)5-3-11/h2-5,9,15H,6-8,10H2,1H3/t15-/m1/s1. The molecule has 2 heterocycles. The molecular formula is C15H17ClN4O2S. The molecule has 1 aliphatic heterocycles. The second kappa shape index (κ2) is 7.33. The lowest BCUT2D eigenvalue weighted by atomic mass is 10.2. The van der Waals surface area contributed by atoms with Crippen molar-refractivity contribution in [2.75, 3.05) is 26.0 Å². The number of ether oxygens (including phenoxy) is 1. The molecule has 0 spiro atoms. The van der Waals surface area contributed by atoms with Gasteiger partial charge in [-0.2, -0.15) is 0 Å². The summed E-state index contributed by atoms with van der Waals surface area (Å²) >= 11 is 7.46. The fraction of sp³-hybridized carbons (Fsp3) is 0.400. The van der Waals surface area contributed by atoms with Crippen LogP contribution in [0, 0.1) is 0 Å². The predicted molar refractivity (Wildman–Crippen MR) is 89.4 cm³/mol. The molecule has 1 atom stereocenters. The molecular weight excluding hydrogens is 336 g/mol. The molecule has 8 heteroatoms. The van der Waals surface area contributed by atoms with Crippen LogP contribution in [-0.2, 0) is 16.1 Å². The Morgan fingerprint density at radius 1 is 1.39 bits per heavy atom. The molecule has 0 unspecified atom stereocenters. The molecule has 1 aromatic carbocycles. The summed E-state index contributed by atoms with van der Waals surface area (Å²) in [7, 11) is 1.63. The molecule has 122 valence electrons. The Kier molecular flexibility index (Phi) is 5.20. The normalized spacial score (nSPS) is 17.9. The molecule has 3 rings (SSSR count). The summed E-state index contributed by atoms with van der Waals surface area (Å²) in [5.74, 6) is 0.586. The lowest BCUT2D eigenvalue weighted by Gasteiger charge is -2.21. The Hall–Kier alpha value is -1.57. The fourth-order valence-electron chi connectivity index (χ4n) is 2.41. The van der Waals surface area contributed by atoms with Crippen molar-refractivity contribution in [2.45, 2.75) is 11.9 Å². The fourth-order valence-corrected chi connectivity index (χ4v) is 3.69. The van der Waals surface area contributed by atoms with Gasteiger partial charge in [0.15, 0.2) is 0 Å². The number of halogens is 1. The minimum atomic E-state index is -0.0865. The summed E-state index contributed by atoms with van der Waals surface area (Å²) in [6, 6.07) is 7.63. The van der Waals surface area contributed by atoms with Gasteiger partial charge in [-0.3, -0.25) is 4.79 Å². The zero-order valence-corrected chi connectivity index (χ0v) is 14.3. The van der Waals surface area contributed by atoms with Crippen molar-refractivity contribution in [1.82, 2.24) is 19.9 Å². The van der Waals surface area contributed by atoms with Gasteiger partial charge in [0.25, 0.3) is 0 Å². The molecule has 2 aromatic rings. The van der Waals surface area contributed by atoms with Crippen molar-refractivity contribution in [1.29, 1.82) is 0 Å². The van der Waals surface area contributed by atoms with Crippen LogP contribution in [-0.4, -0.2) is 51.8 Å². The molecule has 1 saturated heterocycles. The molecule has 6 nitrogen and oxygen atoms in total. The average Bonchev–Trinajstić information content (AvgIpc) is 3.14. The van der Waals surface area contributed by atoms with E-state index in [9.17, 15) is 4.79 Å². The number of aromatic nitrogens is 3. The zero-order chi connectivity index (χ0) is 16.2. The lowest BCUT2D eigenvalue weighted by molar-refractivity contribution is -0.128. The second-order valence-corrected chi connectivity index (χ2v) is 6.72. The van der Waals surface area contributed by atoms with E-state index in [0.717, 1.165) is 11.3 Å². The number of carbonyl (C=O) groups excluding carboxylic acids is 1. The van der Waals surface area contributed by atoms with Crippen LogP contribution in [0.25, 0.3) is 0 Å². The van der Waals surface area contributed by atoms with Gasteiger partial charge in [-0.25, -0.2) is 4.68 Å². The van der Waals surface area contributed by atoms with Crippen LogP contribution in [0.1, 0.15) is 16.6 Å². The van der Waals surface area contributed by atoms with Crippen molar-refractivity contribution in [3.63, 3.8) is 0 Å². The molecule has 1 fully saturated rings. The van der Waals surface area contributed by atoms with Crippen molar-refractivity contribution in [3.05, 3.63) is 46.7 Å². The topological polar surface area (TPSA) is 60.2 Å². The number of hydrogen-bond acceptors (Lipinski definition) is 5. The molecule has 1 amide bonds. The number of rotatable bonds is 6. The van der Waals surface area contributed by atoms with E-state index in [1.165, 1.54) is 0 Å². The predicted octanol–water partition coefficient (Wildman–Crippen LogP) is 2.20. The molecule has 0 aliphatic carbocycles. The highest BCUT2D eigenvalue weighted by molar-refractivity contribution is 8.00. The number of amides is 1. The Morgan fingerprint density at radius 2 is 2.17 bits per heavy atom.